The van der Waals surface area contributed by atoms with Crippen molar-refractivity contribution in [1.82, 2.24) is 4.90 Å². The number of aliphatic hydroxyl groups is 1. The van der Waals surface area contributed by atoms with E-state index in [2.05, 4.69) is 15.9 Å². The Morgan fingerprint density at radius 3 is 2.68 bits per heavy atom. The van der Waals surface area contributed by atoms with E-state index in [1.54, 1.807) is 4.90 Å². The molecule has 0 bridgehead atoms. The van der Waals surface area contributed by atoms with E-state index in [-0.39, 0.29) is 23.7 Å². The number of nitrogens with zero attached hydrogens (tertiary/aromatic N) is 1. The maximum atomic E-state index is 13.5. The first-order valence-electron chi connectivity index (χ1n) is 9.17. The first-order chi connectivity index (χ1) is 13.4. The van der Waals surface area contributed by atoms with Gasteiger partial charge in [-0.05, 0) is 55.2 Å². The smallest absolute Gasteiger partial charge is 0.290 e. The Balaban J connectivity index is 2.01. The third kappa shape index (κ3) is 2.97. The minimum Gasteiger partial charge on any atom is -0.450 e. The third-order valence-electron chi connectivity index (χ3n) is 5.12. The van der Waals surface area contributed by atoms with Crippen LogP contribution in [0.5, 0.6) is 0 Å². The minimum absolute atomic E-state index is 0.0347. The molecule has 5 nitrogen and oxygen atoms in total. The average molecular weight is 442 g/mol. The number of hydrogen-bond donors (Lipinski definition) is 1. The zero-order valence-corrected chi connectivity index (χ0v) is 17.2. The van der Waals surface area contributed by atoms with Crippen molar-refractivity contribution in [2.75, 3.05) is 13.2 Å². The molecule has 28 heavy (non-hydrogen) atoms. The fourth-order valence-electron chi connectivity index (χ4n) is 3.97. The number of amides is 1. The van der Waals surface area contributed by atoms with Gasteiger partial charge in [0, 0.05) is 17.6 Å². The molecule has 1 aliphatic rings. The normalized spacial score (nSPS) is 16.1. The molecular weight excluding hydrogens is 422 g/mol. The molecule has 0 spiro atoms. The van der Waals surface area contributed by atoms with Gasteiger partial charge in [-0.1, -0.05) is 34.1 Å². The summed E-state index contributed by atoms with van der Waals surface area (Å²) in [6.45, 7) is 4.11. The van der Waals surface area contributed by atoms with Gasteiger partial charge in [-0.15, -0.1) is 0 Å². The maximum absolute atomic E-state index is 13.5. The van der Waals surface area contributed by atoms with E-state index in [4.69, 9.17) is 4.42 Å². The van der Waals surface area contributed by atoms with Crippen molar-refractivity contribution in [2.24, 2.45) is 0 Å². The highest BCUT2D eigenvalue weighted by Gasteiger charge is 2.42. The minimum atomic E-state index is -0.534. The third-order valence-corrected chi connectivity index (χ3v) is 5.61. The second-order valence-corrected chi connectivity index (χ2v) is 8.08. The van der Waals surface area contributed by atoms with E-state index >= 15 is 0 Å². The van der Waals surface area contributed by atoms with Gasteiger partial charge in [0.15, 0.2) is 5.43 Å². The second kappa shape index (κ2) is 7.18. The monoisotopic (exact) mass is 441 g/mol. The van der Waals surface area contributed by atoms with Crippen LogP contribution in [0.4, 0.5) is 0 Å². The largest absolute Gasteiger partial charge is 0.450 e. The van der Waals surface area contributed by atoms with E-state index in [0.717, 1.165) is 21.2 Å². The van der Waals surface area contributed by atoms with Crippen LogP contribution in [0.25, 0.3) is 11.0 Å². The number of aryl methyl sites for hydroxylation is 2. The molecule has 1 aromatic heterocycles. The van der Waals surface area contributed by atoms with Crippen LogP contribution in [0.2, 0.25) is 0 Å². The molecule has 2 aromatic carbocycles. The molecule has 1 unspecified atom stereocenters. The van der Waals surface area contributed by atoms with Gasteiger partial charge >= 0.3 is 0 Å². The quantitative estimate of drug-likeness (QED) is 0.661. The summed E-state index contributed by atoms with van der Waals surface area (Å²) in [6, 6.07) is 10.8. The van der Waals surface area contributed by atoms with Crippen LogP contribution < -0.4 is 5.43 Å². The highest BCUT2D eigenvalue weighted by Crippen LogP contribution is 2.39. The van der Waals surface area contributed by atoms with E-state index in [9.17, 15) is 14.7 Å². The SMILES string of the molecule is Cc1cc(C)c2oc3c(c(=O)c2c1)C(c1cccc(Br)c1)N(CCCO)C3=O. The zero-order valence-electron chi connectivity index (χ0n) is 15.7. The first kappa shape index (κ1) is 18.9. The number of benzene rings is 2. The van der Waals surface area contributed by atoms with Gasteiger partial charge in [-0.2, -0.15) is 0 Å². The molecule has 3 aromatic rings. The Kier molecular flexibility index (Phi) is 4.85. The molecule has 0 saturated heterocycles. The lowest BCUT2D eigenvalue weighted by Crippen LogP contribution is -2.31. The standard InChI is InChI=1S/C22H20BrNO4/c1-12-9-13(2)20-16(10-12)19(26)17-18(14-5-3-6-15(23)11-14)24(7-4-8-25)22(27)21(17)28-20/h3,5-6,9-11,18,25H,4,7-8H2,1-2H3. The summed E-state index contributed by atoms with van der Waals surface area (Å²) < 4.78 is 6.88. The number of aliphatic hydroxyl groups excluding tert-OH is 1. The summed E-state index contributed by atoms with van der Waals surface area (Å²) in [5.74, 6) is -0.209. The van der Waals surface area contributed by atoms with Gasteiger partial charge in [0.2, 0.25) is 5.76 Å². The fraction of sp³-hybridized carbons (Fsp3) is 0.273. The molecule has 0 fully saturated rings. The topological polar surface area (TPSA) is 70.8 Å². The Labute approximate surface area is 170 Å². The van der Waals surface area contributed by atoms with Crippen LogP contribution in [0.1, 0.15) is 45.3 Å². The van der Waals surface area contributed by atoms with E-state index in [0.29, 0.717) is 29.5 Å². The number of halogens is 1. The van der Waals surface area contributed by atoms with Crippen molar-refractivity contribution >= 4 is 32.8 Å². The summed E-state index contributed by atoms with van der Waals surface area (Å²) >= 11 is 3.47. The summed E-state index contributed by atoms with van der Waals surface area (Å²) in [5, 5.41) is 9.77. The van der Waals surface area contributed by atoms with Crippen molar-refractivity contribution in [3.63, 3.8) is 0 Å². The van der Waals surface area contributed by atoms with Crippen molar-refractivity contribution in [2.45, 2.75) is 26.3 Å². The first-order valence-corrected chi connectivity index (χ1v) is 9.97. The molecule has 1 N–H and O–H groups in total. The molecule has 4 rings (SSSR count). The molecule has 0 aliphatic carbocycles. The molecular formula is C22H20BrNO4. The number of rotatable bonds is 4. The summed E-state index contributed by atoms with van der Waals surface area (Å²) in [7, 11) is 0. The van der Waals surface area contributed by atoms with E-state index in [1.807, 2.05) is 50.2 Å². The summed E-state index contributed by atoms with van der Waals surface area (Å²) in [6.07, 6.45) is 0.427. The molecule has 2 heterocycles. The van der Waals surface area contributed by atoms with Gasteiger partial charge in [0.05, 0.1) is 17.0 Å². The molecule has 6 heteroatoms. The van der Waals surface area contributed by atoms with Gasteiger partial charge in [0.1, 0.15) is 5.58 Å². The van der Waals surface area contributed by atoms with Gasteiger partial charge in [-0.3, -0.25) is 9.59 Å². The van der Waals surface area contributed by atoms with Crippen molar-refractivity contribution in [1.29, 1.82) is 0 Å². The maximum Gasteiger partial charge on any atom is 0.290 e. The Morgan fingerprint density at radius 2 is 1.96 bits per heavy atom. The molecule has 0 radical (unpaired) electrons. The summed E-state index contributed by atoms with van der Waals surface area (Å²) in [4.78, 5) is 28.2. The molecule has 1 aliphatic heterocycles. The van der Waals surface area contributed by atoms with Gasteiger partial charge < -0.3 is 14.4 Å². The molecule has 0 saturated carbocycles. The van der Waals surface area contributed by atoms with Crippen LogP contribution in [0, 0.1) is 13.8 Å². The lowest BCUT2D eigenvalue weighted by molar-refractivity contribution is 0.0716. The number of carbonyl (C=O) groups excluding carboxylic acids is 1. The number of carbonyl (C=O) groups is 1. The second-order valence-electron chi connectivity index (χ2n) is 7.17. The van der Waals surface area contributed by atoms with E-state index in [1.165, 1.54) is 0 Å². The summed E-state index contributed by atoms with van der Waals surface area (Å²) in [5.41, 5.74) is 3.29. The number of hydrogen-bond acceptors (Lipinski definition) is 4. The Bertz CT molecular complexity index is 1150. The van der Waals surface area contributed by atoms with Crippen LogP contribution in [0.3, 0.4) is 0 Å². The van der Waals surface area contributed by atoms with Crippen LogP contribution in [-0.4, -0.2) is 29.1 Å². The number of fused-ring (bicyclic) bond motifs is 2. The van der Waals surface area contributed by atoms with Gasteiger partial charge in [0.25, 0.3) is 5.91 Å². The zero-order chi connectivity index (χ0) is 20.0. The lowest BCUT2D eigenvalue weighted by atomic mass is 9.97. The average Bonchev–Trinajstić information content (AvgIpc) is 2.93. The van der Waals surface area contributed by atoms with Crippen LogP contribution in [0.15, 0.2) is 50.1 Å². The van der Waals surface area contributed by atoms with Crippen molar-refractivity contribution in [3.8, 4) is 0 Å². The Morgan fingerprint density at radius 1 is 1.18 bits per heavy atom. The fourth-order valence-corrected chi connectivity index (χ4v) is 4.39. The Hall–Kier alpha value is -2.44. The van der Waals surface area contributed by atoms with Crippen LogP contribution >= 0.6 is 15.9 Å². The lowest BCUT2D eigenvalue weighted by Gasteiger charge is -2.25. The highest BCUT2D eigenvalue weighted by molar-refractivity contribution is 9.10. The van der Waals surface area contributed by atoms with Crippen molar-refractivity contribution in [3.05, 3.63) is 79.1 Å². The van der Waals surface area contributed by atoms with Crippen molar-refractivity contribution < 1.29 is 14.3 Å². The van der Waals surface area contributed by atoms with E-state index < -0.39 is 6.04 Å². The molecule has 1 amide bonds. The van der Waals surface area contributed by atoms with Crippen LogP contribution in [-0.2, 0) is 0 Å². The van der Waals surface area contributed by atoms with Gasteiger partial charge in [-0.25, -0.2) is 0 Å². The predicted molar refractivity (Wildman–Crippen MR) is 111 cm³/mol. The highest BCUT2D eigenvalue weighted by atomic mass is 79.9. The predicted octanol–water partition coefficient (Wildman–Crippen LogP) is 4.10. The molecule has 144 valence electrons. The molecule has 1 atom stereocenters.